The number of rotatable bonds is 6. The lowest BCUT2D eigenvalue weighted by atomic mass is 10.2. The molecule has 9 heteroatoms. The molecule has 0 aliphatic heterocycles. The van der Waals surface area contributed by atoms with Crippen molar-refractivity contribution in [3.8, 4) is 5.69 Å². The van der Waals surface area contributed by atoms with Crippen molar-refractivity contribution >= 4 is 28.8 Å². The second kappa shape index (κ2) is 7.47. The van der Waals surface area contributed by atoms with Crippen molar-refractivity contribution in [2.24, 2.45) is 0 Å². The monoisotopic (exact) mass is 342 g/mol. The average Bonchev–Trinajstić information content (AvgIpc) is 3.29. The third-order valence-electron chi connectivity index (χ3n) is 3.13. The van der Waals surface area contributed by atoms with E-state index in [1.807, 2.05) is 17.5 Å². The van der Waals surface area contributed by atoms with E-state index in [1.165, 1.54) is 22.3 Å². The maximum absolute atomic E-state index is 12.0. The van der Waals surface area contributed by atoms with E-state index in [4.69, 9.17) is 0 Å². The van der Waals surface area contributed by atoms with Crippen LogP contribution in [0.4, 0.5) is 5.69 Å². The molecule has 0 saturated heterocycles. The Morgan fingerprint density at radius 3 is 2.88 bits per heavy atom. The van der Waals surface area contributed by atoms with Crippen molar-refractivity contribution in [2.75, 3.05) is 11.9 Å². The van der Waals surface area contributed by atoms with Crippen LogP contribution in [0.25, 0.3) is 5.69 Å². The topological polar surface area (TPSA) is 102 Å². The van der Waals surface area contributed by atoms with Gasteiger partial charge < -0.3 is 10.6 Å². The first kappa shape index (κ1) is 15.8. The second-order valence-corrected chi connectivity index (χ2v) is 5.78. The summed E-state index contributed by atoms with van der Waals surface area (Å²) in [6.07, 6.45) is 1.66. The molecule has 2 heterocycles. The van der Waals surface area contributed by atoms with Gasteiger partial charge in [0.2, 0.25) is 5.91 Å². The van der Waals surface area contributed by atoms with Gasteiger partial charge in [0, 0.05) is 18.7 Å². The Morgan fingerprint density at radius 2 is 2.12 bits per heavy atom. The molecule has 2 aromatic heterocycles. The van der Waals surface area contributed by atoms with Gasteiger partial charge >= 0.3 is 0 Å². The standard InChI is InChI=1S/C15H14N6O2S/c22-14(6-7-16-15(23)13-5-2-8-24-13)18-11-3-1-4-12(9-11)21-10-17-19-20-21/h1-5,8-10H,6-7H2,(H,16,23)(H,18,22). The lowest BCUT2D eigenvalue weighted by molar-refractivity contribution is -0.116. The zero-order chi connectivity index (χ0) is 16.8. The number of hydrogen-bond donors (Lipinski definition) is 2. The number of aromatic nitrogens is 4. The van der Waals surface area contributed by atoms with Crippen molar-refractivity contribution in [3.63, 3.8) is 0 Å². The van der Waals surface area contributed by atoms with Crippen LogP contribution in [0.2, 0.25) is 0 Å². The lowest BCUT2D eigenvalue weighted by Crippen LogP contribution is -2.27. The molecule has 0 saturated carbocycles. The summed E-state index contributed by atoms with van der Waals surface area (Å²) >= 11 is 1.36. The summed E-state index contributed by atoms with van der Waals surface area (Å²) in [5, 5.41) is 18.3. The van der Waals surface area contributed by atoms with Gasteiger partial charge in [-0.2, -0.15) is 0 Å². The van der Waals surface area contributed by atoms with Crippen LogP contribution in [-0.2, 0) is 4.79 Å². The smallest absolute Gasteiger partial charge is 0.261 e. The number of carbonyl (C=O) groups excluding carboxylic acids is 2. The van der Waals surface area contributed by atoms with Crippen LogP contribution in [0, 0.1) is 0 Å². The summed E-state index contributed by atoms with van der Waals surface area (Å²) in [6, 6.07) is 10.7. The van der Waals surface area contributed by atoms with Crippen molar-refractivity contribution in [2.45, 2.75) is 6.42 Å². The van der Waals surface area contributed by atoms with Crippen LogP contribution in [0.5, 0.6) is 0 Å². The number of hydrogen-bond acceptors (Lipinski definition) is 6. The van der Waals surface area contributed by atoms with Crippen molar-refractivity contribution in [1.82, 2.24) is 25.5 Å². The highest BCUT2D eigenvalue weighted by Gasteiger charge is 2.08. The Morgan fingerprint density at radius 1 is 1.21 bits per heavy atom. The molecular weight excluding hydrogens is 328 g/mol. The van der Waals surface area contributed by atoms with Crippen molar-refractivity contribution < 1.29 is 9.59 Å². The number of amides is 2. The Hall–Kier alpha value is -3.07. The van der Waals surface area contributed by atoms with E-state index in [-0.39, 0.29) is 24.8 Å². The molecule has 0 unspecified atom stereocenters. The third-order valence-corrected chi connectivity index (χ3v) is 3.99. The van der Waals surface area contributed by atoms with Crippen molar-refractivity contribution in [1.29, 1.82) is 0 Å². The summed E-state index contributed by atoms with van der Waals surface area (Å²) in [4.78, 5) is 24.4. The van der Waals surface area contributed by atoms with E-state index < -0.39 is 0 Å². The van der Waals surface area contributed by atoms with Gasteiger partial charge in [0.25, 0.3) is 5.91 Å². The van der Waals surface area contributed by atoms with E-state index >= 15 is 0 Å². The van der Waals surface area contributed by atoms with Crippen LogP contribution >= 0.6 is 11.3 Å². The third kappa shape index (κ3) is 4.02. The number of thiophene rings is 1. The summed E-state index contributed by atoms with van der Waals surface area (Å²) < 4.78 is 1.50. The Labute approximate surface area is 141 Å². The number of carbonyl (C=O) groups is 2. The van der Waals surface area contributed by atoms with Crippen LogP contribution in [0.1, 0.15) is 16.1 Å². The molecule has 0 atom stereocenters. The minimum atomic E-state index is -0.185. The Bertz CT molecular complexity index is 816. The highest BCUT2D eigenvalue weighted by Crippen LogP contribution is 2.13. The number of nitrogens with one attached hydrogen (secondary N) is 2. The molecule has 0 spiro atoms. The zero-order valence-corrected chi connectivity index (χ0v) is 13.4. The molecule has 122 valence electrons. The second-order valence-electron chi connectivity index (χ2n) is 4.84. The van der Waals surface area contributed by atoms with Gasteiger partial charge in [0.1, 0.15) is 6.33 Å². The van der Waals surface area contributed by atoms with E-state index in [9.17, 15) is 9.59 Å². The van der Waals surface area contributed by atoms with Crippen LogP contribution in [-0.4, -0.2) is 38.6 Å². The summed E-state index contributed by atoms with van der Waals surface area (Å²) in [7, 11) is 0. The maximum atomic E-state index is 12.0. The van der Waals surface area contributed by atoms with Gasteiger partial charge in [-0.15, -0.1) is 16.4 Å². The number of tetrazole rings is 1. The predicted octanol–water partition coefficient (Wildman–Crippen LogP) is 1.48. The quantitative estimate of drug-likeness (QED) is 0.706. The minimum absolute atomic E-state index is 0.168. The molecule has 8 nitrogen and oxygen atoms in total. The first-order chi connectivity index (χ1) is 11.7. The fraction of sp³-hybridized carbons (Fsp3) is 0.133. The molecule has 0 radical (unpaired) electrons. The van der Waals surface area contributed by atoms with Gasteiger partial charge in [-0.3, -0.25) is 9.59 Å². The molecule has 3 aromatic rings. The summed E-state index contributed by atoms with van der Waals surface area (Å²) in [6.45, 7) is 0.273. The fourth-order valence-electron chi connectivity index (χ4n) is 2.01. The molecule has 0 fully saturated rings. The summed E-state index contributed by atoms with van der Waals surface area (Å²) in [5.41, 5.74) is 1.38. The van der Waals surface area contributed by atoms with E-state index in [0.717, 1.165) is 5.69 Å². The van der Waals surface area contributed by atoms with Gasteiger partial charge in [-0.1, -0.05) is 12.1 Å². The zero-order valence-electron chi connectivity index (χ0n) is 12.5. The van der Waals surface area contributed by atoms with Crippen LogP contribution in [0.3, 0.4) is 0 Å². The fourth-order valence-corrected chi connectivity index (χ4v) is 2.65. The predicted molar refractivity (Wildman–Crippen MR) is 89.1 cm³/mol. The molecule has 2 N–H and O–H groups in total. The van der Waals surface area contributed by atoms with Gasteiger partial charge in [-0.25, -0.2) is 4.68 Å². The van der Waals surface area contributed by atoms with E-state index in [2.05, 4.69) is 26.2 Å². The largest absolute Gasteiger partial charge is 0.351 e. The molecule has 24 heavy (non-hydrogen) atoms. The minimum Gasteiger partial charge on any atom is -0.351 e. The number of anilines is 1. The first-order valence-electron chi connectivity index (χ1n) is 7.17. The number of nitrogens with zero attached hydrogens (tertiary/aromatic N) is 4. The number of benzene rings is 1. The van der Waals surface area contributed by atoms with Crippen LogP contribution < -0.4 is 10.6 Å². The lowest BCUT2D eigenvalue weighted by Gasteiger charge is -2.07. The van der Waals surface area contributed by atoms with Gasteiger partial charge in [0.15, 0.2) is 0 Å². The molecule has 0 bridgehead atoms. The maximum Gasteiger partial charge on any atom is 0.261 e. The van der Waals surface area contributed by atoms with E-state index in [0.29, 0.717) is 10.6 Å². The van der Waals surface area contributed by atoms with E-state index in [1.54, 1.807) is 24.3 Å². The molecule has 1 aromatic carbocycles. The first-order valence-corrected chi connectivity index (χ1v) is 8.05. The highest BCUT2D eigenvalue weighted by molar-refractivity contribution is 7.12. The SMILES string of the molecule is O=C(CCNC(=O)c1cccs1)Nc1cccc(-n2cnnn2)c1. The normalized spacial score (nSPS) is 10.3. The Balaban J connectivity index is 1.50. The molecule has 0 aliphatic carbocycles. The van der Waals surface area contributed by atoms with Crippen molar-refractivity contribution in [3.05, 3.63) is 53.0 Å². The summed E-state index contributed by atoms with van der Waals surface area (Å²) in [5.74, 6) is -0.353. The molecule has 2 amide bonds. The Kier molecular flexibility index (Phi) is 4.92. The molecule has 3 rings (SSSR count). The van der Waals surface area contributed by atoms with Gasteiger partial charge in [-0.05, 0) is 40.1 Å². The molecule has 0 aliphatic rings. The average molecular weight is 342 g/mol. The molecular formula is C15H14N6O2S. The van der Waals surface area contributed by atoms with Gasteiger partial charge in [0.05, 0.1) is 10.6 Å². The highest BCUT2D eigenvalue weighted by atomic mass is 32.1. The van der Waals surface area contributed by atoms with Crippen LogP contribution in [0.15, 0.2) is 48.1 Å².